The van der Waals surface area contributed by atoms with Crippen LogP contribution in [0.5, 0.6) is 5.88 Å². The molecule has 0 aliphatic heterocycles. The minimum Gasteiger partial charge on any atom is -0.467 e. The molecule has 8 heteroatoms. The lowest BCUT2D eigenvalue weighted by molar-refractivity contribution is 0.235. The van der Waals surface area contributed by atoms with Crippen molar-refractivity contribution in [1.82, 2.24) is 20.1 Å². The third-order valence-electron chi connectivity index (χ3n) is 3.81. The maximum absolute atomic E-state index is 13.3. The normalized spacial score (nSPS) is 10.8. The Hall–Kier alpha value is -3.32. The van der Waals surface area contributed by atoms with Crippen LogP contribution in [0.3, 0.4) is 0 Å². The van der Waals surface area contributed by atoms with Crippen LogP contribution in [-0.4, -0.2) is 20.1 Å². The number of nitrogens with zero attached hydrogens (tertiary/aromatic N) is 4. The molecule has 2 aromatic heterocycles. The second-order valence-electron chi connectivity index (χ2n) is 5.99. The zero-order valence-electron chi connectivity index (χ0n) is 14.8. The minimum atomic E-state index is -0.370. The van der Waals surface area contributed by atoms with E-state index in [1.54, 1.807) is 30.3 Å². The van der Waals surface area contributed by atoms with Crippen LogP contribution < -0.4 is 4.74 Å². The molecule has 140 valence electrons. The van der Waals surface area contributed by atoms with Crippen molar-refractivity contribution in [3.05, 3.63) is 77.0 Å². The smallest absolute Gasteiger partial charge is 0.264 e. The van der Waals surface area contributed by atoms with E-state index in [1.165, 1.54) is 12.1 Å². The molecule has 0 fully saturated rings. The van der Waals surface area contributed by atoms with Crippen LogP contribution in [0.1, 0.15) is 11.6 Å². The summed E-state index contributed by atoms with van der Waals surface area (Å²) in [6.45, 7) is 1.87. The highest BCUT2D eigenvalue weighted by atomic mass is 35.5. The predicted molar refractivity (Wildman–Crippen MR) is 101 cm³/mol. The van der Waals surface area contributed by atoms with Crippen molar-refractivity contribution >= 4 is 11.6 Å². The number of rotatable bonds is 5. The second-order valence-corrected chi connectivity index (χ2v) is 6.43. The molecular weight excluding hydrogens is 383 g/mol. The first-order valence-electron chi connectivity index (χ1n) is 8.40. The van der Waals surface area contributed by atoms with E-state index in [4.69, 9.17) is 20.9 Å². The van der Waals surface area contributed by atoms with Crippen LogP contribution in [0.25, 0.3) is 22.8 Å². The molecular formula is C20H14ClFN4O2. The Balaban J connectivity index is 1.51. The van der Waals surface area contributed by atoms with Gasteiger partial charge in [0.05, 0.1) is 0 Å². The van der Waals surface area contributed by atoms with Crippen molar-refractivity contribution < 1.29 is 13.7 Å². The maximum Gasteiger partial charge on any atom is 0.264 e. The highest BCUT2D eigenvalue weighted by Gasteiger charge is 2.12. The highest BCUT2D eigenvalue weighted by Crippen LogP contribution is 2.23. The summed E-state index contributed by atoms with van der Waals surface area (Å²) in [5.74, 6) is 1.04. The van der Waals surface area contributed by atoms with E-state index in [2.05, 4.69) is 20.1 Å². The van der Waals surface area contributed by atoms with Crippen LogP contribution in [0, 0.1) is 12.7 Å². The topological polar surface area (TPSA) is 73.9 Å². The Morgan fingerprint density at radius 1 is 0.964 bits per heavy atom. The first-order valence-corrected chi connectivity index (χ1v) is 8.77. The lowest BCUT2D eigenvalue weighted by atomic mass is 10.2. The van der Waals surface area contributed by atoms with Gasteiger partial charge in [0.1, 0.15) is 5.82 Å². The fraction of sp³-hybridized carbons (Fsp3) is 0.100. The molecule has 0 radical (unpaired) electrons. The first kappa shape index (κ1) is 18.1. The van der Waals surface area contributed by atoms with Crippen molar-refractivity contribution in [2.75, 3.05) is 0 Å². The van der Waals surface area contributed by atoms with E-state index in [0.29, 0.717) is 22.3 Å². The SMILES string of the molecule is Cc1cc(OCc2nc(-c3cccc(F)c3)no2)nc(-c2cccc(Cl)c2)n1. The third-order valence-corrected chi connectivity index (χ3v) is 4.04. The van der Waals surface area contributed by atoms with Gasteiger partial charge in [0.15, 0.2) is 12.4 Å². The number of hydrogen-bond acceptors (Lipinski definition) is 6. The molecule has 2 heterocycles. The molecule has 2 aromatic carbocycles. The van der Waals surface area contributed by atoms with Gasteiger partial charge in [-0.2, -0.15) is 9.97 Å². The van der Waals surface area contributed by atoms with Gasteiger partial charge in [-0.05, 0) is 31.2 Å². The number of aryl methyl sites for hydroxylation is 1. The van der Waals surface area contributed by atoms with Gasteiger partial charge in [0.2, 0.25) is 11.7 Å². The van der Waals surface area contributed by atoms with Gasteiger partial charge in [0.25, 0.3) is 5.89 Å². The fourth-order valence-electron chi connectivity index (χ4n) is 2.56. The molecule has 0 saturated heterocycles. The lowest BCUT2D eigenvalue weighted by Crippen LogP contribution is -2.01. The summed E-state index contributed by atoms with van der Waals surface area (Å²) in [5, 5.41) is 4.45. The van der Waals surface area contributed by atoms with Gasteiger partial charge >= 0.3 is 0 Å². The Morgan fingerprint density at radius 2 is 1.75 bits per heavy atom. The van der Waals surface area contributed by atoms with Gasteiger partial charge in [-0.25, -0.2) is 9.37 Å². The molecule has 0 aliphatic rings. The largest absolute Gasteiger partial charge is 0.467 e. The maximum atomic E-state index is 13.3. The summed E-state index contributed by atoms with van der Waals surface area (Å²) in [7, 11) is 0. The van der Waals surface area contributed by atoms with Crippen LogP contribution in [0.4, 0.5) is 4.39 Å². The number of benzene rings is 2. The molecule has 0 spiro atoms. The Kier molecular flexibility index (Phi) is 4.99. The van der Waals surface area contributed by atoms with Gasteiger partial charge < -0.3 is 9.26 Å². The summed E-state index contributed by atoms with van der Waals surface area (Å²) in [6.07, 6.45) is 0. The average molecular weight is 397 g/mol. The van der Waals surface area contributed by atoms with Gasteiger partial charge in [-0.15, -0.1) is 0 Å². The molecule has 0 atom stereocenters. The number of hydrogen-bond donors (Lipinski definition) is 0. The third kappa shape index (κ3) is 4.15. The molecule has 0 saturated carbocycles. The molecule has 0 N–H and O–H groups in total. The summed E-state index contributed by atoms with van der Waals surface area (Å²) in [6, 6.07) is 14.9. The molecule has 4 rings (SSSR count). The zero-order chi connectivity index (χ0) is 19.5. The van der Waals surface area contributed by atoms with Crippen LogP contribution in [-0.2, 0) is 6.61 Å². The molecule has 28 heavy (non-hydrogen) atoms. The van der Waals surface area contributed by atoms with E-state index in [-0.39, 0.29) is 24.1 Å². The second kappa shape index (κ2) is 7.74. The van der Waals surface area contributed by atoms with Crippen molar-refractivity contribution in [2.24, 2.45) is 0 Å². The van der Waals surface area contributed by atoms with Gasteiger partial charge in [-0.3, -0.25) is 0 Å². The Morgan fingerprint density at radius 3 is 2.54 bits per heavy atom. The molecule has 0 unspecified atom stereocenters. The lowest BCUT2D eigenvalue weighted by Gasteiger charge is -2.07. The van der Waals surface area contributed by atoms with E-state index in [0.717, 1.165) is 11.3 Å². The van der Waals surface area contributed by atoms with Crippen molar-refractivity contribution in [3.63, 3.8) is 0 Å². The van der Waals surface area contributed by atoms with Crippen molar-refractivity contribution in [1.29, 1.82) is 0 Å². The zero-order valence-corrected chi connectivity index (χ0v) is 15.5. The van der Waals surface area contributed by atoms with E-state index in [1.807, 2.05) is 19.1 Å². The summed E-state index contributed by atoms with van der Waals surface area (Å²) >= 11 is 6.04. The standard InChI is InChI=1S/C20H14ClFN4O2/c1-12-8-17(24-19(23-12)13-4-2-6-15(21)9-13)27-11-18-25-20(26-28-18)14-5-3-7-16(22)10-14/h2-10H,11H2,1H3. The average Bonchev–Trinajstić information content (AvgIpc) is 3.15. The van der Waals surface area contributed by atoms with E-state index in [9.17, 15) is 4.39 Å². The summed E-state index contributed by atoms with van der Waals surface area (Å²) < 4.78 is 24.2. The molecule has 4 aromatic rings. The van der Waals surface area contributed by atoms with E-state index < -0.39 is 0 Å². The first-order chi connectivity index (χ1) is 13.6. The van der Waals surface area contributed by atoms with Crippen LogP contribution in [0.15, 0.2) is 59.1 Å². The van der Waals surface area contributed by atoms with Gasteiger partial charge in [0, 0.05) is 27.9 Å². The highest BCUT2D eigenvalue weighted by molar-refractivity contribution is 6.30. The Labute approximate surface area is 165 Å². The minimum absolute atomic E-state index is 0.0216. The quantitative estimate of drug-likeness (QED) is 0.479. The van der Waals surface area contributed by atoms with Crippen molar-refractivity contribution in [3.8, 4) is 28.7 Å². The molecule has 0 aliphatic carbocycles. The monoisotopic (exact) mass is 396 g/mol. The number of ether oxygens (including phenoxy) is 1. The molecule has 0 amide bonds. The van der Waals surface area contributed by atoms with E-state index >= 15 is 0 Å². The Bertz CT molecular complexity index is 1130. The summed E-state index contributed by atoms with van der Waals surface area (Å²) in [4.78, 5) is 13.0. The molecule has 0 bridgehead atoms. The fourth-order valence-corrected chi connectivity index (χ4v) is 2.75. The number of aromatic nitrogens is 4. The van der Waals surface area contributed by atoms with Crippen LogP contribution >= 0.6 is 11.6 Å². The van der Waals surface area contributed by atoms with Gasteiger partial charge in [-0.1, -0.05) is 41.0 Å². The van der Waals surface area contributed by atoms with Crippen LogP contribution in [0.2, 0.25) is 5.02 Å². The number of halogens is 2. The predicted octanol–water partition coefficient (Wildman–Crippen LogP) is 4.87. The summed E-state index contributed by atoms with van der Waals surface area (Å²) in [5.41, 5.74) is 2.05. The molecule has 6 nitrogen and oxygen atoms in total. The van der Waals surface area contributed by atoms with Crippen molar-refractivity contribution in [2.45, 2.75) is 13.5 Å².